The zero-order valence-electron chi connectivity index (χ0n) is 10.6. The molecule has 1 aromatic heterocycles. The summed E-state index contributed by atoms with van der Waals surface area (Å²) < 4.78 is 25.4. The van der Waals surface area contributed by atoms with Crippen LogP contribution in [0.5, 0.6) is 5.88 Å². The van der Waals surface area contributed by atoms with Crippen molar-refractivity contribution in [2.75, 3.05) is 7.11 Å². The standard InChI is InChI=1S/C13H12N2O4S/c1-19-12-7-6-11(8-15-12)20(14,18)10-4-2-9(3-5-10)13(16)17/h2-8,14H,1H3,(H,16,17). The van der Waals surface area contributed by atoms with Crippen molar-refractivity contribution in [3.05, 3.63) is 48.2 Å². The Bertz CT molecular complexity index is 722. The number of nitrogens with one attached hydrogen (secondary N) is 1. The van der Waals surface area contributed by atoms with Gasteiger partial charge in [-0.15, -0.1) is 0 Å². The molecule has 20 heavy (non-hydrogen) atoms. The highest BCUT2D eigenvalue weighted by molar-refractivity contribution is 7.92. The highest BCUT2D eigenvalue weighted by Gasteiger charge is 2.15. The highest BCUT2D eigenvalue weighted by Crippen LogP contribution is 2.22. The molecule has 0 saturated heterocycles. The quantitative estimate of drug-likeness (QED) is 0.900. The summed E-state index contributed by atoms with van der Waals surface area (Å²) in [5, 5.41) is 8.81. The smallest absolute Gasteiger partial charge is 0.335 e. The molecule has 0 saturated carbocycles. The Kier molecular flexibility index (Phi) is 3.71. The normalized spacial score (nSPS) is 13.4. The minimum Gasteiger partial charge on any atom is -0.481 e. The molecular formula is C13H12N2O4S. The van der Waals surface area contributed by atoms with Crippen LogP contribution in [-0.4, -0.2) is 27.4 Å². The number of pyridine rings is 1. The number of methoxy groups -OCH3 is 1. The van der Waals surface area contributed by atoms with Crippen molar-refractivity contribution in [1.29, 1.82) is 4.78 Å². The van der Waals surface area contributed by atoms with Gasteiger partial charge in [-0.1, -0.05) is 0 Å². The van der Waals surface area contributed by atoms with Gasteiger partial charge < -0.3 is 9.84 Å². The lowest BCUT2D eigenvalue weighted by molar-refractivity contribution is 0.0697. The fraction of sp³-hybridized carbons (Fsp3) is 0.0769. The number of hydrogen-bond donors (Lipinski definition) is 2. The van der Waals surface area contributed by atoms with Crippen molar-refractivity contribution < 1.29 is 18.8 Å². The molecule has 0 radical (unpaired) electrons. The van der Waals surface area contributed by atoms with Gasteiger partial charge in [0.05, 0.1) is 22.5 Å². The van der Waals surface area contributed by atoms with Crippen LogP contribution in [0.1, 0.15) is 10.4 Å². The molecule has 0 spiro atoms. The van der Waals surface area contributed by atoms with Crippen LogP contribution in [0.25, 0.3) is 0 Å². The highest BCUT2D eigenvalue weighted by atomic mass is 32.2. The number of rotatable bonds is 4. The zero-order valence-corrected chi connectivity index (χ0v) is 11.4. The first-order valence-corrected chi connectivity index (χ1v) is 7.13. The van der Waals surface area contributed by atoms with E-state index in [0.29, 0.717) is 5.88 Å². The van der Waals surface area contributed by atoms with E-state index in [2.05, 4.69) is 4.98 Å². The molecule has 0 aliphatic rings. The van der Waals surface area contributed by atoms with Crippen molar-refractivity contribution in [1.82, 2.24) is 4.98 Å². The minimum atomic E-state index is -3.22. The maximum Gasteiger partial charge on any atom is 0.335 e. The van der Waals surface area contributed by atoms with E-state index in [1.54, 1.807) is 0 Å². The summed E-state index contributed by atoms with van der Waals surface area (Å²) in [7, 11) is -1.75. The van der Waals surface area contributed by atoms with Gasteiger partial charge in [0.15, 0.2) is 0 Å². The van der Waals surface area contributed by atoms with Crippen molar-refractivity contribution in [2.24, 2.45) is 0 Å². The monoisotopic (exact) mass is 292 g/mol. The maximum absolute atomic E-state index is 12.5. The van der Waals surface area contributed by atoms with Crippen LogP contribution >= 0.6 is 0 Å². The first-order valence-electron chi connectivity index (χ1n) is 5.57. The number of hydrogen-bond acceptors (Lipinski definition) is 5. The largest absolute Gasteiger partial charge is 0.481 e. The first-order chi connectivity index (χ1) is 9.45. The van der Waals surface area contributed by atoms with E-state index in [1.165, 1.54) is 49.7 Å². The molecule has 1 atom stereocenters. The molecule has 1 aromatic carbocycles. The molecular weight excluding hydrogens is 280 g/mol. The SMILES string of the molecule is COc1ccc(S(=N)(=O)c2ccc(C(=O)O)cc2)cn1. The average molecular weight is 292 g/mol. The third-order valence-corrected chi connectivity index (χ3v) is 4.52. The van der Waals surface area contributed by atoms with Crippen molar-refractivity contribution >= 4 is 15.7 Å². The molecule has 0 aliphatic carbocycles. The van der Waals surface area contributed by atoms with Crippen LogP contribution in [0.2, 0.25) is 0 Å². The second-order valence-corrected chi connectivity index (χ2v) is 5.98. The third-order valence-electron chi connectivity index (χ3n) is 2.68. The zero-order chi connectivity index (χ0) is 14.8. The first kappa shape index (κ1) is 14.0. The Morgan fingerprint density at radius 1 is 1.20 bits per heavy atom. The van der Waals surface area contributed by atoms with Gasteiger partial charge in [-0.3, -0.25) is 0 Å². The van der Waals surface area contributed by atoms with Gasteiger partial charge in [-0.05, 0) is 30.3 Å². The number of nitrogens with zero attached hydrogens (tertiary/aromatic N) is 1. The average Bonchev–Trinajstić information content (AvgIpc) is 2.47. The Hall–Kier alpha value is -2.41. The van der Waals surface area contributed by atoms with Crippen LogP contribution in [0, 0.1) is 4.78 Å². The van der Waals surface area contributed by atoms with Gasteiger partial charge in [0, 0.05) is 12.3 Å². The van der Waals surface area contributed by atoms with Crippen molar-refractivity contribution in [2.45, 2.75) is 9.79 Å². The summed E-state index contributed by atoms with van der Waals surface area (Å²) in [6.07, 6.45) is 1.32. The summed E-state index contributed by atoms with van der Waals surface area (Å²) in [6.45, 7) is 0. The van der Waals surface area contributed by atoms with E-state index in [-0.39, 0.29) is 15.4 Å². The topological polar surface area (TPSA) is 100 Å². The lowest BCUT2D eigenvalue weighted by Gasteiger charge is -2.08. The van der Waals surface area contributed by atoms with E-state index in [1.807, 2.05) is 0 Å². The molecule has 0 amide bonds. The lowest BCUT2D eigenvalue weighted by Crippen LogP contribution is -2.02. The Morgan fingerprint density at radius 2 is 1.80 bits per heavy atom. The van der Waals surface area contributed by atoms with Gasteiger partial charge in [0.2, 0.25) is 5.88 Å². The van der Waals surface area contributed by atoms with E-state index in [4.69, 9.17) is 14.6 Å². The Balaban J connectivity index is 2.40. The van der Waals surface area contributed by atoms with Gasteiger partial charge in [-0.2, -0.15) is 0 Å². The van der Waals surface area contributed by atoms with E-state index >= 15 is 0 Å². The van der Waals surface area contributed by atoms with Crippen molar-refractivity contribution in [3.63, 3.8) is 0 Å². The summed E-state index contributed by atoms with van der Waals surface area (Å²) >= 11 is 0. The maximum atomic E-state index is 12.5. The Labute approximate surface area is 116 Å². The van der Waals surface area contributed by atoms with Gasteiger partial charge >= 0.3 is 5.97 Å². The number of carbonyl (C=O) groups is 1. The van der Waals surface area contributed by atoms with E-state index in [0.717, 1.165) is 0 Å². The fourth-order valence-electron chi connectivity index (χ4n) is 1.58. The van der Waals surface area contributed by atoms with Crippen LogP contribution in [0.4, 0.5) is 0 Å². The number of aromatic carboxylic acids is 1. The van der Waals surface area contributed by atoms with Gasteiger partial charge in [0.25, 0.3) is 0 Å². The second-order valence-electron chi connectivity index (χ2n) is 3.92. The summed E-state index contributed by atoms with van der Waals surface area (Å²) in [4.78, 5) is 15.1. The third kappa shape index (κ3) is 2.62. The molecule has 104 valence electrons. The molecule has 2 N–H and O–H groups in total. The second kappa shape index (κ2) is 5.30. The molecule has 2 rings (SSSR count). The molecule has 1 unspecified atom stereocenters. The summed E-state index contributed by atoms with van der Waals surface area (Å²) in [6, 6.07) is 8.43. The molecule has 0 bridgehead atoms. The predicted molar refractivity (Wildman–Crippen MR) is 71.6 cm³/mol. The van der Waals surface area contributed by atoms with Gasteiger partial charge in [-0.25, -0.2) is 18.8 Å². The number of carboxylic acids is 1. The van der Waals surface area contributed by atoms with Crippen LogP contribution in [0.3, 0.4) is 0 Å². The van der Waals surface area contributed by atoms with Crippen LogP contribution in [-0.2, 0) is 9.73 Å². The number of carboxylic acid groups (broad SMARTS) is 1. The molecule has 6 nitrogen and oxygen atoms in total. The Morgan fingerprint density at radius 3 is 2.25 bits per heavy atom. The lowest BCUT2D eigenvalue weighted by atomic mass is 10.2. The molecule has 0 aliphatic heterocycles. The van der Waals surface area contributed by atoms with E-state index in [9.17, 15) is 9.00 Å². The van der Waals surface area contributed by atoms with Crippen LogP contribution in [0.15, 0.2) is 52.4 Å². The summed E-state index contributed by atoms with van der Waals surface area (Å²) in [5.74, 6) is -0.704. The molecule has 7 heteroatoms. The van der Waals surface area contributed by atoms with Crippen LogP contribution < -0.4 is 4.74 Å². The predicted octanol–water partition coefficient (Wildman–Crippen LogP) is 2.25. The van der Waals surface area contributed by atoms with E-state index < -0.39 is 15.7 Å². The summed E-state index contributed by atoms with van der Waals surface area (Å²) in [5.41, 5.74) is 0.0804. The van der Waals surface area contributed by atoms with Gasteiger partial charge in [0.1, 0.15) is 9.73 Å². The molecule has 1 heterocycles. The number of ether oxygens (including phenoxy) is 1. The molecule has 0 fully saturated rings. The van der Waals surface area contributed by atoms with Crippen molar-refractivity contribution in [3.8, 4) is 5.88 Å². The minimum absolute atomic E-state index is 0.0804. The number of aromatic nitrogens is 1. The number of benzene rings is 1. The molecule has 2 aromatic rings. The fourth-order valence-corrected chi connectivity index (χ4v) is 2.84.